The molecule has 0 saturated heterocycles. The molecule has 0 aliphatic rings. The van der Waals surface area contributed by atoms with Gasteiger partial charge in [-0.2, -0.15) is 0 Å². The van der Waals surface area contributed by atoms with Gasteiger partial charge in [0.25, 0.3) is 0 Å². The maximum Gasteiger partial charge on any atom is 0.159 e. The standard InChI is InChI=1S/C18H11F2N3/c19-15-5-3-13(11-16(15)20)18-22-8-9-23(18)14-4-6-17-12(10-14)2-1-7-21-17/h1-11H. The first kappa shape index (κ1) is 13.6. The van der Waals surface area contributed by atoms with Crippen molar-refractivity contribution in [3.8, 4) is 17.1 Å². The topological polar surface area (TPSA) is 30.7 Å². The number of pyridine rings is 1. The molecule has 2 aromatic carbocycles. The van der Waals surface area contributed by atoms with Crippen molar-refractivity contribution in [2.24, 2.45) is 0 Å². The summed E-state index contributed by atoms with van der Waals surface area (Å²) >= 11 is 0. The summed E-state index contributed by atoms with van der Waals surface area (Å²) in [7, 11) is 0. The molecule has 0 amide bonds. The first-order valence-electron chi connectivity index (χ1n) is 7.06. The Labute approximate surface area is 130 Å². The second-order valence-electron chi connectivity index (χ2n) is 5.13. The van der Waals surface area contributed by atoms with Gasteiger partial charge in [-0.1, -0.05) is 6.07 Å². The minimum atomic E-state index is -0.889. The van der Waals surface area contributed by atoms with Gasteiger partial charge in [0.2, 0.25) is 0 Å². The van der Waals surface area contributed by atoms with Crippen molar-refractivity contribution in [1.82, 2.24) is 14.5 Å². The third-order valence-corrected chi connectivity index (χ3v) is 3.68. The van der Waals surface area contributed by atoms with Crippen molar-refractivity contribution >= 4 is 10.9 Å². The zero-order valence-corrected chi connectivity index (χ0v) is 11.9. The van der Waals surface area contributed by atoms with Gasteiger partial charge in [-0.15, -0.1) is 0 Å². The van der Waals surface area contributed by atoms with Crippen LogP contribution in [0.25, 0.3) is 28.0 Å². The van der Waals surface area contributed by atoms with Gasteiger partial charge in [0.05, 0.1) is 5.52 Å². The fourth-order valence-corrected chi connectivity index (χ4v) is 2.57. The third-order valence-electron chi connectivity index (χ3n) is 3.68. The van der Waals surface area contributed by atoms with Crippen LogP contribution in [0.2, 0.25) is 0 Å². The monoisotopic (exact) mass is 307 g/mol. The molecule has 0 unspecified atom stereocenters. The number of hydrogen-bond donors (Lipinski definition) is 0. The summed E-state index contributed by atoms with van der Waals surface area (Å²) in [5.74, 6) is -1.21. The minimum absolute atomic E-state index is 0.514. The molecule has 0 N–H and O–H groups in total. The van der Waals surface area contributed by atoms with Crippen molar-refractivity contribution in [3.05, 3.63) is 78.8 Å². The van der Waals surface area contributed by atoms with Crippen molar-refractivity contribution in [2.45, 2.75) is 0 Å². The summed E-state index contributed by atoms with van der Waals surface area (Å²) < 4.78 is 28.5. The number of aromatic nitrogens is 3. The van der Waals surface area contributed by atoms with Crippen LogP contribution >= 0.6 is 0 Å². The highest BCUT2D eigenvalue weighted by molar-refractivity contribution is 5.80. The van der Waals surface area contributed by atoms with Crippen LogP contribution in [0.4, 0.5) is 8.78 Å². The van der Waals surface area contributed by atoms with E-state index in [1.807, 2.05) is 34.9 Å². The number of imidazole rings is 1. The molecule has 4 aromatic rings. The molecule has 2 aromatic heterocycles. The zero-order valence-electron chi connectivity index (χ0n) is 11.9. The summed E-state index contributed by atoms with van der Waals surface area (Å²) in [6.07, 6.45) is 5.16. The number of rotatable bonds is 2. The Morgan fingerprint density at radius 3 is 2.61 bits per heavy atom. The normalized spacial score (nSPS) is 11.0. The van der Waals surface area contributed by atoms with Gasteiger partial charge >= 0.3 is 0 Å². The van der Waals surface area contributed by atoms with Crippen molar-refractivity contribution in [1.29, 1.82) is 0 Å². The Hall–Kier alpha value is -3.08. The van der Waals surface area contributed by atoms with Crippen molar-refractivity contribution in [3.63, 3.8) is 0 Å². The SMILES string of the molecule is Fc1ccc(-c2nccn2-c2ccc3ncccc3c2)cc1F. The zero-order chi connectivity index (χ0) is 15.8. The van der Waals surface area contributed by atoms with Crippen LogP contribution in [0.5, 0.6) is 0 Å². The molecule has 0 radical (unpaired) electrons. The molecule has 112 valence electrons. The first-order valence-corrected chi connectivity index (χ1v) is 7.06. The predicted molar refractivity (Wildman–Crippen MR) is 84.2 cm³/mol. The molecule has 0 atom stereocenters. The maximum atomic E-state index is 13.5. The van der Waals surface area contributed by atoms with Gasteiger partial charge in [-0.25, -0.2) is 13.8 Å². The Bertz CT molecular complexity index is 1010. The van der Waals surface area contributed by atoms with Crippen LogP contribution in [0.3, 0.4) is 0 Å². The van der Waals surface area contributed by atoms with Crippen LogP contribution in [0.15, 0.2) is 67.1 Å². The van der Waals surface area contributed by atoms with E-state index in [1.165, 1.54) is 6.07 Å². The number of hydrogen-bond acceptors (Lipinski definition) is 2. The lowest BCUT2D eigenvalue weighted by Gasteiger charge is -2.09. The van der Waals surface area contributed by atoms with Crippen molar-refractivity contribution in [2.75, 3.05) is 0 Å². The largest absolute Gasteiger partial charge is 0.300 e. The maximum absolute atomic E-state index is 13.5. The van der Waals surface area contributed by atoms with Gasteiger partial charge < -0.3 is 0 Å². The molecule has 3 nitrogen and oxygen atoms in total. The van der Waals surface area contributed by atoms with E-state index in [-0.39, 0.29) is 0 Å². The lowest BCUT2D eigenvalue weighted by atomic mass is 10.1. The Morgan fingerprint density at radius 1 is 0.826 bits per heavy atom. The van der Waals surface area contributed by atoms with E-state index in [9.17, 15) is 8.78 Å². The molecular formula is C18H11F2N3. The molecule has 0 fully saturated rings. The summed E-state index contributed by atoms with van der Waals surface area (Å²) in [6, 6.07) is 13.4. The summed E-state index contributed by atoms with van der Waals surface area (Å²) in [6.45, 7) is 0. The highest BCUT2D eigenvalue weighted by atomic mass is 19.2. The Kier molecular flexibility index (Phi) is 3.12. The fraction of sp³-hybridized carbons (Fsp3) is 0. The number of benzene rings is 2. The van der Waals surface area contributed by atoms with Crippen LogP contribution < -0.4 is 0 Å². The molecule has 23 heavy (non-hydrogen) atoms. The molecule has 0 saturated carbocycles. The highest BCUT2D eigenvalue weighted by Gasteiger charge is 2.11. The van der Waals surface area contributed by atoms with E-state index in [0.717, 1.165) is 28.7 Å². The van der Waals surface area contributed by atoms with Gasteiger partial charge in [0, 0.05) is 35.2 Å². The molecule has 0 aliphatic carbocycles. The fourth-order valence-electron chi connectivity index (χ4n) is 2.57. The van der Waals surface area contributed by atoms with Crippen molar-refractivity contribution < 1.29 is 8.78 Å². The molecule has 5 heteroatoms. The Morgan fingerprint density at radius 2 is 1.74 bits per heavy atom. The lowest BCUT2D eigenvalue weighted by molar-refractivity contribution is 0.509. The second-order valence-corrected chi connectivity index (χ2v) is 5.13. The second kappa shape index (κ2) is 5.28. The quantitative estimate of drug-likeness (QED) is 0.550. The van der Waals surface area contributed by atoms with Crippen LogP contribution in [-0.4, -0.2) is 14.5 Å². The number of nitrogens with zero attached hydrogens (tertiary/aromatic N) is 3. The molecular weight excluding hydrogens is 296 g/mol. The summed E-state index contributed by atoms with van der Waals surface area (Å²) in [5, 5.41) is 0.995. The van der Waals surface area contributed by atoms with Gasteiger partial charge in [-0.05, 0) is 42.5 Å². The number of fused-ring (bicyclic) bond motifs is 1. The summed E-state index contributed by atoms with van der Waals surface area (Å²) in [4.78, 5) is 8.56. The van der Waals surface area contributed by atoms with Crippen LogP contribution in [0, 0.1) is 11.6 Å². The molecule has 0 bridgehead atoms. The molecule has 2 heterocycles. The highest BCUT2D eigenvalue weighted by Crippen LogP contribution is 2.24. The van der Waals surface area contributed by atoms with E-state index in [0.29, 0.717) is 11.4 Å². The number of halogens is 2. The smallest absolute Gasteiger partial charge is 0.159 e. The van der Waals surface area contributed by atoms with Gasteiger partial charge in [0.15, 0.2) is 11.6 Å². The van der Waals surface area contributed by atoms with E-state index in [4.69, 9.17) is 0 Å². The van der Waals surface area contributed by atoms with E-state index >= 15 is 0 Å². The van der Waals surface area contributed by atoms with E-state index in [2.05, 4.69) is 9.97 Å². The summed E-state index contributed by atoms with van der Waals surface area (Å²) in [5.41, 5.74) is 2.29. The van der Waals surface area contributed by atoms with Gasteiger partial charge in [0.1, 0.15) is 5.82 Å². The van der Waals surface area contributed by atoms with Crippen LogP contribution in [-0.2, 0) is 0 Å². The molecule has 0 spiro atoms. The van der Waals surface area contributed by atoms with Gasteiger partial charge in [-0.3, -0.25) is 9.55 Å². The molecule has 0 aliphatic heterocycles. The average Bonchev–Trinajstić information content (AvgIpc) is 3.06. The van der Waals surface area contributed by atoms with E-state index < -0.39 is 11.6 Å². The first-order chi connectivity index (χ1) is 11.2. The van der Waals surface area contributed by atoms with Crippen LogP contribution in [0.1, 0.15) is 0 Å². The minimum Gasteiger partial charge on any atom is -0.300 e. The predicted octanol–water partition coefficient (Wildman–Crippen LogP) is 4.37. The Balaban J connectivity index is 1.86. The average molecular weight is 307 g/mol. The van der Waals surface area contributed by atoms with E-state index in [1.54, 1.807) is 18.6 Å². The third kappa shape index (κ3) is 2.36. The molecule has 4 rings (SSSR count). The lowest BCUT2D eigenvalue weighted by Crippen LogP contribution is -1.97.